The van der Waals surface area contributed by atoms with Gasteiger partial charge in [-0.05, 0) is 48.0 Å². The number of aliphatic imine (C=N–C) groups is 1. The highest BCUT2D eigenvalue weighted by Gasteiger charge is 2.40. The van der Waals surface area contributed by atoms with Gasteiger partial charge in [0.15, 0.2) is 0 Å². The van der Waals surface area contributed by atoms with Crippen LogP contribution < -0.4 is 4.43 Å². The van der Waals surface area contributed by atoms with E-state index in [2.05, 4.69) is 51.5 Å². The van der Waals surface area contributed by atoms with Crippen molar-refractivity contribution >= 4 is 25.8 Å². The molecule has 0 atom stereocenters. The van der Waals surface area contributed by atoms with Crippen LogP contribution in [0.1, 0.15) is 47.8 Å². The summed E-state index contributed by atoms with van der Waals surface area (Å²) in [7, 11) is -1.90. The largest absolute Gasteiger partial charge is 0.543 e. The maximum absolute atomic E-state index is 12.9. The van der Waals surface area contributed by atoms with Crippen LogP contribution in [0.2, 0.25) is 18.1 Å². The van der Waals surface area contributed by atoms with Crippen LogP contribution in [0.4, 0.5) is 0 Å². The van der Waals surface area contributed by atoms with Crippen molar-refractivity contribution in [2.24, 2.45) is 4.99 Å². The summed E-state index contributed by atoms with van der Waals surface area (Å²) in [4.78, 5) is 19.3. The monoisotopic (exact) mass is 390 g/mol. The van der Waals surface area contributed by atoms with E-state index in [-0.39, 0.29) is 10.9 Å². The molecule has 2 aliphatic heterocycles. The van der Waals surface area contributed by atoms with E-state index in [0.29, 0.717) is 23.6 Å². The third-order valence-electron chi connectivity index (χ3n) is 6.05. The molecule has 2 aromatic rings. The molecule has 28 heavy (non-hydrogen) atoms. The Bertz CT molecular complexity index is 996. The fourth-order valence-electron chi connectivity index (χ4n) is 3.38. The Labute approximate surface area is 167 Å². The van der Waals surface area contributed by atoms with E-state index in [1.807, 2.05) is 36.4 Å². The Balaban J connectivity index is 1.63. The van der Waals surface area contributed by atoms with Crippen LogP contribution in [-0.2, 0) is 6.54 Å². The van der Waals surface area contributed by atoms with E-state index in [9.17, 15) is 4.79 Å². The van der Waals surface area contributed by atoms with Crippen LogP contribution in [0.5, 0.6) is 5.75 Å². The lowest BCUT2D eigenvalue weighted by atomic mass is 10.1. The minimum Gasteiger partial charge on any atom is -0.543 e. The van der Waals surface area contributed by atoms with Gasteiger partial charge in [-0.2, -0.15) is 0 Å². The molecule has 0 spiro atoms. The van der Waals surface area contributed by atoms with Gasteiger partial charge in [-0.25, -0.2) is 0 Å². The standard InChI is InChI=1S/C23H26N2O2Si/c1-15-18-9-7-8-10-20(18)22(26)25(15)21-19-12-11-17(13-16(19)14-24-21)27-28(5,6)23(2,3)4/h7-13H,1,14H2,2-6H3. The molecule has 5 heteroatoms. The Morgan fingerprint density at radius 1 is 1.07 bits per heavy atom. The molecule has 0 saturated heterocycles. The molecule has 0 unspecified atom stereocenters. The summed E-state index contributed by atoms with van der Waals surface area (Å²) in [6, 6.07) is 13.7. The summed E-state index contributed by atoms with van der Waals surface area (Å²) in [6.45, 7) is 15.9. The van der Waals surface area contributed by atoms with Gasteiger partial charge in [0.1, 0.15) is 11.6 Å². The lowest BCUT2D eigenvalue weighted by Gasteiger charge is -2.36. The second-order valence-corrected chi connectivity index (χ2v) is 13.7. The first-order chi connectivity index (χ1) is 13.1. The van der Waals surface area contributed by atoms with E-state index in [1.54, 1.807) is 4.90 Å². The normalized spacial score (nSPS) is 16.2. The Morgan fingerprint density at radius 2 is 1.75 bits per heavy atom. The van der Waals surface area contributed by atoms with E-state index < -0.39 is 8.32 Å². The van der Waals surface area contributed by atoms with Gasteiger partial charge in [0.2, 0.25) is 8.32 Å². The van der Waals surface area contributed by atoms with Crippen molar-refractivity contribution in [2.75, 3.05) is 0 Å². The van der Waals surface area contributed by atoms with Gasteiger partial charge in [0.25, 0.3) is 5.91 Å². The van der Waals surface area contributed by atoms with Crippen molar-refractivity contribution in [1.82, 2.24) is 4.90 Å². The van der Waals surface area contributed by atoms with Crippen LogP contribution in [0.3, 0.4) is 0 Å². The number of amidine groups is 1. The minimum absolute atomic E-state index is 0.0613. The van der Waals surface area contributed by atoms with Crippen molar-refractivity contribution in [3.05, 3.63) is 71.3 Å². The predicted octanol–water partition coefficient (Wildman–Crippen LogP) is 5.46. The van der Waals surface area contributed by atoms with E-state index in [4.69, 9.17) is 4.43 Å². The average molecular weight is 391 g/mol. The van der Waals surface area contributed by atoms with E-state index in [1.165, 1.54) is 0 Å². The number of hydrogen-bond donors (Lipinski definition) is 0. The number of benzene rings is 2. The zero-order valence-electron chi connectivity index (χ0n) is 17.2. The van der Waals surface area contributed by atoms with Gasteiger partial charge in [-0.1, -0.05) is 45.5 Å². The Morgan fingerprint density at radius 3 is 2.39 bits per heavy atom. The van der Waals surface area contributed by atoms with Crippen molar-refractivity contribution < 1.29 is 9.22 Å². The molecular formula is C23H26N2O2Si. The molecule has 4 rings (SSSR count). The number of carbonyl (C=O) groups excluding carboxylic acids is 1. The van der Waals surface area contributed by atoms with Gasteiger partial charge in [-0.15, -0.1) is 0 Å². The van der Waals surface area contributed by atoms with Crippen molar-refractivity contribution in [2.45, 2.75) is 45.4 Å². The summed E-state index contributed by atoms with van der Waals surface area (Å²) >= 11 is 0. The average Bonchev–Trinajstić information content (AvgIpc) is 3.13. The molecule has 0 N–H and O–H groups in total. The zero-order valence-corrected chi connectivity index (χ0v) is 18.2. The van der Waals surface area contributed by atoms with Crippen LogP contribution in [0, 0.1) is 0 Å². The smallest absolute Gasteiger partial charge is 0.264 e. The molecule has 0 bridgehead atoms. The van der Waals surface area contributed by atoms with Gasteiger partial charge < -0.3 is 4.43 Å². The topological polar surface area (TPSA) is 41.9 Å². The number of amides is 1. The lowest BCUT2D eigenvalue weighted by Crippen LogP contribution is -2.43. The van der Waals surface area contributed by atoms with Crippen molar-refractivity contribution in [3.8, 4) is 5.75 Å². The van der Waals surface area contributed by atoms with Gasteiger partial charge >= 0.3 is 0 Å². The fourth-order valence-corrected chi connectivity index (χ4v) is 4.40. The van der Waals surface area contributed by atoms with Crippen LogP contribution >= 0.6 is 0 Å². The molecular weight excluding hydrogens is 364 g/mol. The molecule has 0 saturated carbocycles. The number of nitrogens with zero attached hydrogens (tertiary/aromatic N) is 2. The molecule has 2 heterocycles. The summed E-state index contributed by atoms with van der Waals surface area (Å²) in [5.74, 6) is 1.51. The summed E-state index contributed by atoms with van der Waals surface area (Å²) < 4.78 is 6.44. The zero-order chi connectivity index (χ0) is 20.3. The number of carbonyl (C=O) groups is 1. The molecule has 1 amide bonds. The van der Waals surface area contributed by atoms with E-state index in [0.717, 1.165) is 22.4 Å². The van der Waals surface area contributed by atoms with Crippen molar-refractivity contribution in [1.29, 1.82) is 0 Å². The highest BCUT2D eigenvalue weighted by Crippen LogP contribution is 2.39. The quantitative estimate of drug-likeness (QED) is 0.639. The first-order valence-electron chi connectivity index (χ1n) is 9.60. The fraction of sp³-hybridized carbons (Fsp3) is 0.304. The minimum atomic E-state index is -1.90. The number of fused-ring (bicyclic) bond motifs is 2. The molecule has 144 valence electrons. The maximum Gasteiger partial charge on any atom is 0.264 e. The third kappa shape index (κ3) is 2.81. The molecule has 2 aliphatic rings. The molecule has 0 radical (unpaired) electrons. The Hall–Kier alpha value is -2.66. The van der Waals surface area contributed by atoms with Crippen LogP contribution in [0.25, 0.3) is 5.70 Å². The highest BCUT2D eigenvalue weighted by atomic mass is 28.4. The van der Waals surface area contributed by atoms with Crippen molar-refractivity contribution in [3.63, 3.8) is 0 Å². The van der Waals surface area contributed by atoms with Gasteiger partial charge in [-0.3, -0.25) is 14.7 Å². The molecule has 0 aliphatic carbocycles. The van der Waals surface area contributed by atoms with Crippen LogP contribution in [-0.4, -0.2) is 25.0 Å². The second kappa shape index (κ2) is 6.17. The second-order valence-electron chi connectivity index (χ2n) is 8.95. The summed E-state index contributed by atoms with van der Waals surface area (Å²) in [5, 5.41) is 0.138. The molecule has 2 aromatic carbocycles. The summed E-state index contributed by atoms with van der Waals surface area (Å²) in [6.07, 6.45) is 0. The molecule has 0 fully saturated rings. The van der Waals surface area contributed by atoms with Gasteiger partial charge in [0.05, 0.1) is 12.2 Å². The van der Waals surface area contributed by atoms with Gasteiger partial charge in [0, 0.05) is 16.7 Å². The van der Waals surface area contributed by atoms with E-state index >= 15 is 0 Å². The predicted molar refractivity (Wildman–Crippen MR) is 116 cm³/mol. The first-order valence-corrected chi connectivity index (χ1v) is 12.5. The Kier molecular flexibility index (Phi) is 4.12. The third-order valence-corrected chi connectivity index (χ3v) is 10.4. The highest BCUT2D eigenvalue weighted by molar-refractivity contribution is 6.74. The number of hydrogen-bond acceptors (Lipinski definition) is 3. The maximum atomic E-state index is 12.9. The molecule has 0 aromatic heterocycles. The first kappa shape index (κ1) is 18.7. The SMILES string of the molecule is C=C1c2ccccc2C(=O)N1C1=NCc2cc(O[Si](C)(C)C(C)(C)C)ccc21. The summed E-state index contributed by atoms with van der Waals surface area (Å²) in [5.41, 5.74) is 4.31. The lowest BCUT2D eigenvalue weighted by molar-refractivity contribution is 0.0908. The number of rotatable bonds is 2. The van der Waals surface area contributed by atoms with Crippen LogP contribution in [0.15, 0.2) is 54.0 Å². The molecule has 4 nitrogen and oxygen atoms in total.